The van der Waals surface area contributed by atoms with Crippen molar-refractivity contribution in [2.75, 3.05) is 12.3 Å². The van der Waals surface area contributed by atoms with Crippen molar-refractivity contribution in [3.8, 4) is 6.07 Å². The summed E-state index contributed by atoms with van der Waals surface area (Å²) in [5.41, 5.74) is 6.36. The van der Waals surface area contributed by atoms with E-state index in [0.29, 0.717) is 28.9 Å². The molecule has 0 radical (unpaired) electrons. The van der Waals surface area contributed by atoms with E-state index >= 15 is 0 Å². The average Bonchev–Trinajstić information content (AvgIpc) is 3.25. The van der Waals surface area contributed by atoms with Crippen molar-refractivity contribution < 1.29 is 9.18 Å². The van der Waals surface area contributed by atoms with Gasteiger partial charge < -0.3 is 10.6 Å². The molecule has 1 aliphatic carbocycles. The second kappa shape index (κ2) is 5.34. The number of thiophene rings is 1. The minimum atomic E-state index is -0.366. The first kappa shape index (κ1) is 13.8. The average molecular weight is 303 g/mol. The van der Waals surface area contributed by atoms with Crippen LogP contribution in [0.5, 0.6) is 0 Å². The topological polar surface area (TPSA) is 70.1 Å². The van der Waals surface area contributed by atoms with E-state index in [0.717, 1.165) is 17.5 Å². The zero-order valence-corrected chi connectivity index (χ0v) is 12.1. The normalized spacial score (nSPS) is 14.1. The minimum Gasteiger partial charge on any atom is -0.397 e. The first-order chi connectivity index (χ1) is 10.1. The smallest absolute Gasteiger partial charge is 0.266 e. The standard InChI is InChI=1S/C15H14FN3OS/c16-9-2-5-12-11(8-9)13(18)14(21-12)15(20)19(7-1-6-17)10-3-4-10/h2,5,8,10H,1,3-4,7,18H2. The van der Waals surface area contributed by atoms with Crippen LogP contribution in [0.3, 0.4) is 0 Å². The van der Waals surface area contributed by atoms with Gasteiger partial charge in [-0.2, -0.15) is 5.26 Å². The molecule has 1 aromatic carbocycles. The first-order valence-electron chi connectivity index (χ1n) is 6.77. The number of carbonyl (C=O) groups is 1. The van der Waals surface area contributed by atoms with Gasteiger partial charge in [0.1, 0.15) is 10.7 Å². The third-order valence-corrected chi connectivity index (χ3v) is 4.77. The molecule has 0 spiro atoms. The van der Waals surface area contributed by atoms with Gasteiger partial charge in [-0.15, -0.1) is 11.3 Å². The Morgan fingerprint density at radius 3 is 2.95 bits per heavy atom. The van der Waals surface area contributed by atoms with E-state index in [1.54, 1.807) is 11.0 Å². The zero-order chi connectivity index (χ0) is 15.0. The predicted molar refractivity (Wildman–Crippen MR) is 80.5 cm³/mol. The van der Waals surface area contributed by atoms with Gasteiger partial charge in [-0.1, -0.05) is 0 Å². The number of nitrogens with zero attached hydrogens (tertiary/aromatic N) is 2. The van der Waals surface area contributed by atoms with Crippen molar-refractivity contribution >= 4 is 33.0 Å². The molecule has 2 N–H and O–H groups in total. The van der Waals surface area contributed by atoms with Crippen LogP contribution in [0.2, 0.25) is 0 Å². The summed E-state index contributed by atoms with van der Waals surface area (Å²) < 4.78 is 14.1. The van der Waals surface area contributed by atoms with E-state index in [2.05, 4.69) is 6.07 Å². The third-order valence-electron chi connectivity index (χ3n) is 3.60. The molecule has 0 saturated heterocycles. The van der Waals surface area contributed by atoms with E-state index < -0.39 is 0 Å². The maximum absolute atomic E-state index is 13.3. The van der Waals surface area contributed by atoms with Crippen LogP contribution in [0.4, 0.5) is 10.1 Å². The predicted octanol–water partition coefficient (Wildman–Crippen LogP) is 3.14. The van der Waals surface area contributed by atoms with Gasteiger partial charge in [0.2, 0.25) is 0 Å². The molecule has 6 heteroatoms. The Morgan fingerprint density at radius 1 is 1.52 bits per heavy atom. The van der Waals surface area contributed by atoms with Gasteiger partial charge in [0.15, 0.2) is 0 Å². The molecule has 0 unspecified atom stereocenters. The van der Waals surface area contributed by atoms with Gasteiger partial charge in [-0.05, 0) is 31.0 Å². The summed E-state index contributed by atoms with van der Waals surface area (Å²) in [5, 5.41) is 9.30. The monoisotopic (exact) mass is 303 g/mol. The summed E-state index contributed by atoms with van der Waals surface area (Å²) in [5.74, 6) is -0.513. The first-order valence-corrected chi connectivity index (χ1v) is 7.59. The molecule has 1 aliphatic rings. The van der Waals surface area contributed by atoms with Crippen LogP contribution >= 0.6 is 11.3 Å². The second-order valence-corrected chi connectivity index (χ2v) is 6.18. The summed E-state index contributed by atoms with van der Waals surface area (Å²) in [7, 11) is 0. The Hall–Kier alpha value is -2.13. The van der Waals surface area contributed by atoms with Crippen molar-refractivity contribution in [1.29, 1.82) is 5.26 Å². The van der Waals surface area contributed by atoms with Crippen LogP contribution in [-0.4, -0.2) is 23.4 Å². The van der Waals surface area contributed by atoms with Gasteiger partial charge in [0.25, 0.3) is 5.91 Å². The Balaban J connectivity index is 1.96. The lowest BCUT2D eigenvalue weighted by Gasteiger charge is -2.20. The number of nitrogen functional groups attached to an aromatic ring is 1. The van der Waals surface area contributed by atoms with Crippen molar-refractivity contribution in [3.05, 3.63) is 28.9 Å². The Bertz CT molecular complexity index is 745. The van der Waals surface area contributed by atoms with Crippen LogP contribution in [0.1, 0.15) is 28.9 Å². The number of rotatable bonds is 4. The van der Waals surface area contributed by atoms with Crippen molar-refractivity contribution in [2.45, 2.75) is 25.3 Å². The minimum absolute atomic E-state index is 0.146. The summed E-state index contributed by atoms with van der Waals surface area (Å²) >= 11 is 1.28. The van der Waals surface area contributed by atoms with Crippen LogP contribution in [0.25, 0.3) is 10.1 Å². The molecular formula is C15H14FN3OS. The summed E-state index contributed by atoms with van der Waals surface area (Å²) in [6.07, 6.45) is 2.24. The fourth-order valence-corrected chi connectivity index (χ4v) is 3.44. The van der Waals surface area contributed by atoms with E-state index in [1.807, 2.05) is 0 Å². The lowest BCUT2D eigenvalue weighted by molar-refractivity contribution is 0.0753. The zero-order valence-electron chi connectivity index (χ0n) is 11.3. The summed E-state index contributed by atoms with van der Waals surface area (Å²) in [4.78, 5) is 14.8. The molecule has 0 atom stereocenters. The third kappa shape index (κ3) is 2.57. The molecule has 4 nitrogen and oxygen atoms in total. The second-order valence-electron chi connectivity index (χ2n) is 5.12. The van der Waals surface area contributed by atoms with Crippen LogP contribution in [0.15, 0.2) is 18.2 Å². The fourth-order valence-electron chi connectivity index (χ4n) is 2.38. The molecule has 1 amide bonds. The molecule has 21 heavy (non-hydrogen) atoms. The number of anilines is 1. The molecular weight excluding hydrogens is 289 g/mol. The molecule has 108 valence electrons. The number of amides is 1. The highest BCUT2D eigenvalue weighted by Crippen LogP contribution is 2.37. The van der Waals surface area contributed by atoms with E-state index in [9.17, 15) is 9.18 Å². The number of carbonyl (C=O) groups excluding carboxylic acids is 1. The molecule has 1 fully saturated rings. The number of nitriles is 1. The highest BCUT2D eigenvalue weighted by atomic mass is 32.1. The highest BCUT2D eigenvalue weighted by molar-refractivity contribution is 7.21. The Kier molecular flexibility index (Phi) is 3.52. The SMILES string of the molecule is N#CCCN(C(=O)c1sc2ccc(F)cc2c1N)C1CC1. The van der Waals surface area contributed by atoms with E-state index in [1.165, 1.54) is 23.5 Å². The Morgan fingerprint density at radius 2 is 2.29 bits per heavy atom. The van der Waals surface area contributed by atoms with Gasteiger partial charge in [-0.25, -0.2) is 4.39 Å². The quantitative estimate of drug-likeness (QED) is 0.943. The van der Waals surface area contributed by atoms with Gasteiger partial charge in [0.05, 0.1) is 18.2 Å². The number of fused-ring (bicyclic) bond motifs is 1. The number of hydrogen-bond acceptors (Lipinski definition) is 4. The fraction of sp³-hybridized carbons (Fsp3) is 0.333. The van der Waals surface area contributed by atoms with Crippen LogP contribution in [-0.2, 0) is 0 Å². The summed E-state index contributed by atoms with van der Waals surface area (Å²) in [6, 6.07) is 6.64. The molecule has 0 aliphatic heterocycles. The number of halogens is 1. The maximum atomic E-state index is 13.3. The summed E-state index contributed by atoms with van der Waals surface area (Å²) in [6.45, 7) is 0.419. The van der Waals surface area contributed by atoms with Crippen molar-refractivity contribution in [1.82, 2.24) is 4.90 Å². The maximum Gasteiger partial charge on any atom is 0.266 e. The molecule has 2 aromatic rings. The Labute approximate surface area is 125 Å². The molecule has 0 bridgehead atoms. The number of hydrogen-bond donors (Lipinski definition) is 1. The molecule has 1 aromatic heterocycles. The van der Waals surface area contributed by atoms with E-state index in [-0.39, 0.29) is 17.8 Å². The molecule has 3 rings (SSSR count). The lowest BCUT2D eigenvalue weighted by atomic mass is 10.2. The molecule has 1 saturated carbocycles. The van der Waals surface area contributed by atoms with E-state index in [4.69, 9.17) is 11.0 Å². The van der Waals surface area contributed by atoms with Crippen molar-refractivity contribution in [2.24, 2.45) is 0 Å². The van der Waals surface area contributed by atoms with Crippen LogP contribution in [0, 0.1) is 17.1 Å². The number of nitrogens with two attached hydrogens (primary N) is 1. The van der Waals surface area contributed by atoms with Crippen molar-refractivity contribution in [3.63, 3.8) is 0 Å². The highest BCUT2D eigenvalue weighted by Gasteiger charge is 2.34. The van der Waals surface area contributed by atoms with Gasteiger partial charge in [-0.3, -0.25) is 4.79 Å². The lowest BCUT2D eigenvalue weighted by Crippen LogP contribution is -2.33. The van der Waals surface area contributed by atoms with Gasteiger partial charge >= 0.3 is 0 Å². The van der Waals surface area contributed by atoms with Gasteiger partial charge in [0, 0.05) is 22.7 Å². The molecule has 1 heterocycles. The van der Waals surface area contributed by atoms with Crippen LogP contribution < -0.4 is 5.73 Å². The number of benzene rings is 1. The largest absolute Gasteiger partial charge is 0.397 e.